The molecule has 1 atom stereocenters. The summed E-state index contributed by atoms with van der Waals surface area (Å²) >= 11 is 3.44. The van der Waals surface area contributed by atoms with Gasteiger partial charge in [0.05, 0.1) is 6.10 Å². The second-order valence-electron chi connectivity index (χ2n) is 6.21. The molecule has 2 rings (SSSR count). The molecule has 120 valence electrons. The lowest BCUT2D eigenvalue weighted by Gasteiger charge is -2.21. The molecule has 3 N–H and O–H groups in total. The molecule has 0 aromatic heterocycles. The molecule has 1 heterocycles. The van der Waals surface area contributed by atoms with E-state index in [1.807, 2.05) is 6.92 Å². The summed E-state index contributed by atoms with van der Waals surface area (Å²) < 4.78 is 11.3. The van der Waals surface area contributed by atoms with Crippen LogP contribution in [-0.2, 0) is 9.39 Å². The molecule has 0 saturated carbocycles. The molecular weight excluding hydrogens is 353 g/mol. The molecule has 22 heavy (non-hydrogen) atoms. The van der Waals surface area contributed by atoms with Crippen LogP contribution in [-0.4, -0.2) is 35.5 Å². The van der Waals surface area contributed by atoms with Gasteiger partial charge in [-0.3, -0.25) is 0 Å². The van der Waals surface area contributed by atoms with E-state index in [4.69, 9.17) is 9.39 Å². The summed E-state index contributed by atoms with van der Waals surface area (Å²) in [6.45, 7) is 7.27. The van der Waals surface area contributed by atoms with Crippen molar-refractivity contribution in [2.45, 2.75) is 39.4 Å². The predicted octanol–water partition coefficient (Wildman–Crippen LogP) is 1.75. The van der Waals surface area contributed by atoms with Crippen molar-refractivity contribution in [2.24, 2.45) is 0 Å². The van der Waals surface area contributed by atoms with Crippen LogP contribution in [0.15, 0.2) is 10.5 Å². The number of amides is 1. The van der Waals surface area contributed by atoms with Crippen LogP contribution in [0.5, 0.6) is 5.75 Å². The van der Waals surface area contributed by atoms with Gasteiger partial charge in [0, 0.05) is 16.5 Å². The minimum absolute atomic E-state index is 0.0250. The maximum Gasteiger partial charge on any atom is 0.495 e. The van der Waals surface area contributed by atoms with Gasteiger partial charge >= 0.3 is 13.2 Å². The number of phenols is 1. The SMILES string of the molecule is Cc1cc(O)c2c(c1Br)C(CNC(=O)OC(C)(C)C)OB2O. The van der Waals surface area contributed by atoms with E-state index < -0.39 is 24.9 Å². The van der Waals surface area contributed by atoms with Crippen molar-refractivity contribution in [3.05, 3.63) is 21.7 Å². The van der Waals surface area contributed by atoms with Gasteiger partial charge in [0.2, 0.25) is 0 Å². The summed E-state index contributed by atoms with van der Waals surface area (Å²) in [4.78, 5) is 11.7. The fourth-order valence-electron chi connectivity index (χ4n) is 2.32. The van der Waals surface area contributed by atoms with E-state index in [0.29, 0.717) is 11.0 Å². The third-order valence-electron chi connectivity index (χ3n) is 3.19. The Balaban J connectivity index is 2.16. The first kappa shape index (κ1) is 17.1. The number of hydrogen-bond acceptors (Lipinski definition) is 5. The van der Waals surface area contributed by atoms with Crippen molar-refractivity contribution in [3.8, 4) is 5.75 Å². The van der Waals surface area contributed by atoms with Gasteiger partial charge in [-0.2, -0.15) is 0 Å². The zero-order chi connectivity index (χ0) is 16.7. The summed E-state index contributed by atoms with van der Waals surface area (Å²) in [5, 5.41) is 22.5. The Morgan fingerprint density at radius 1 is 1.55 bits per heavy atom. The molecule has 1 unspecified atom stereocenters. The summed E-state index contributed by atoms with van der Waals surface area (Å²) in [6.07, 6.45) is -1.13. The standard InChI is InChI=1S/C14H19BBrNO5/c1-7-5-8(18)11-10(12(7)16)9(22-15(11)20)6-17-13(19)21-14(2,3)4/h5,9,18,20H,6H2,1-4H3,(H,17,19). The van der Waals surface area contributed by atoms with Crippen molar-refractivity contribution >= 4 is 34.6 Å². The van der Waals surface area contributed by atoms with E-state index in [1.165, 1.54) is 0 Å². The molecule has 0 aliphatic carbocycles. The van der Waals surface area contributed by atoms with Crippen LogP contribution < -0.4 is 10.8 Å². The van der Waals surface area contributed by atoms with Crippen molar-refractivity contribution in [3.63, 3.8) is 0 Å². The minimum Gasteiger partial charge on any atom is -0.508 e. The number of ether oxygens (including phenoxy) is 1. The van der Waals surface area contributed by atoms with E-state index in [9.17, 15) is 14.9 Å². The van der Waals surface area contributed by atoms with Crippen LogP contribution >= 0.6 is 15.9 Å². The number of halogens is 1. The molecule has 0 bridgehead atoms. The number of fused-ring (bicyclic) bond motifs is 1. The first-order chi connectivity index (χ1) is 10.1. The van der Waals surface area contributed by atoms with E-state index in [2.05, 4.69) is 21.2 Å². The molecule has 1 aliphatic heterocycles. The highest BCUT2D eigenvalue weighted by Gasteiger charge is 2.40. The highest BCUT2D eigenvalue weighted by molar-refractivity contribution is 9.10. The lowest BCUT2D eigenvalue weighted by atomic mass is 9.78. The van der Waals surface area contributed by atoms with Gasteiger partial charge in [0.1, 0.15) is 11.4 Å². The smallest absolute Gasteiger partial charge is 0.495 e. The molecule has 1 aromatic rings. The minimum atomic E-state index is -1.22. The van der Waals surface area contributed by atoms with E-state index >= 15 is 0 Å². The Morgan fingerprint density at radius 2 is 2.18 bits per heavy atom. The molecule has 8 heteroatoms. The lowest BCUT2D eigenvalue weighted by Crippen LogP contribution is -2.35. The fourth-order valence-corrected chi connectivity index (χ4v) is 2.90. The molecular formula is C14H19BBrNO5. The number of nitrogens with one attached hydrogen (secondary N) is 1. The molecule has 1 amide bonds. The second kappa shape index (κ2) is 6.10. The zero-order valence-electron chi connectivity index (χ0n) is 12.9. The number of phenolic OH excluding ortho intramolecular Hbond substituents is 1. The first-order valence-electron chi connectivity index (χ1n) is 6.92. The number of aromatic hydroxyl groups is 1. The number of carbonyl (C=O) groups is 1. The number of carbonyl (C=O) groups excluding carboxylic acids is 1. The number of benzene rings is 1. The average Bonchev–Trinajstić information content (AvgIpc) is 2.69. The van der Waals surface area contributed by atoms with Crippen LogP contribution in [0.2, 0.25) is 0 Å². The largest absolute Gasteiger partial charge is 0.508 e. The normalized spacial score (nSPS) is 17.4. The predicted molar refractivity (Wildman–Crippen MR) is 86.2 cm³/mol. The Morgan fingerprint density at radius 3 is 2.77 bits per heavy atom. The third kappa shape index (κ3) is 3.56. The molecule has 0 radical (unpaired) electrons. The Hall–Kier alpha value is -1.25. The van der Waals surface area contributed by atoms with Crippen LogP contribution in [0, 0.1) is 6.92 Å². The highest BCUT2D eigenvalue weighted by Crippen LogP contribution is 2.35. The van der Waals surface area contributed by atoms with Crippen molar-refractivity contribution in [2.75, 3.05) is 6.54 Å². The molecule has 0 saturated heterocycles. The Labute approximate surface area is 138 Å². The monoisotopic (exact) mass is 371 g/mol. The molecule has 1 aromatic carbocycles. The maximum absolute atomic E-state index is 11.7. The molecule has 0 fully saturated rings. The Bertz CT molecular complexity index is 602. The fraction of sp³-hybridized carbons (Fsp3) is 0.500. The molecule has 1 aliphatic rings. The molecule has 6 nitrogen and oxygen atoms in total. The average molecular weight is 372 g/mol. The van der Waals surface area contributed by atoms with Crippen LogP contribution in [0.3, 0.4) is 0 Å². The van der Waals surface area contributed by atoms with Crippen molar-refractivity contribution < 1.29 is 24.3 Å². The van der Waals surface area contributed by atoms with Gasteiger partial charge in [-0.05, 0) is 44.9 Å². The maximum atomic E-state index is 11.7. The van der Waals surface area contributed by atoms with E-state index in [-0.39, 0.29) is 12.3 Å². The highest BCUT2D eigenvalue weighted by atomic mass is 79.9. The zero-order valence-corrected chi connectivity index (χ0v) is 14.5. The summed E-state index contributed by atoms with van der Waals surface area (Å²) in [6, 6.07) is 1.55. The summed E-state index contributed by atoms with van der Waals surface area (Å²) in [5.74, 6) is -0.0250. The van der Waals surface area contributed by atoms with Gasteiger partial charge in [-0.1, -0.05) is 15.9 Å². The lowest BCUT2D eigenvalue weighted by molar-refractivity contribution is 0.0498. The number of rotatable bonds is 2. The second-order valence-corrected chi connectivity index (χ2v) is 7.01. The van der Waals surface area contributed by atoms with Gasteiger partial charge in [0.15, 0.2) is 0 Å². The van der Waals surface area contributed by atoms with E-state index in [0.717, 1.165) is 10.0 Å². The van der Waals surface area contributed by atoms with Crippen LogP contribution in [0.1, 0.15) is 38.0 Å². The third-order valence-corrected chi connectivity index (χ3v) is 4.25. The van der Waals surface area contributed by atoms with Crippen LogP contribution in [0.25, 0.3) is 0 Å². The van der Waals surface area contributed by atoms with Gasteiger partial charge in [-0.15, -0.1) is 0 Å². The Kier molecular flexibility index (Phi) is 4.74. The van der Waals surface area contributed by atoms with Crippen molar-refractivity contribution in [1.82, 2.24) is 5.32 Å². The quantitative estimate of drug-likeness (QED) is 0.689. The van der Waals surface area contributed by atoms with Crippen LogP contribution in [0.4, 0.5) is 4.79 Å². The van der Waals surface area contributed by atoms with Crippen molar-refractivity contribution in [1.29, 1.82) is 0 Å². The van der Waals surface area contributed by atoms with Gasteiger partial charge in [0.25, 0.3) is 0 Å². The van der Waals surface area contributed by atoms with Gasteiger partial charge in [-0.25, -0.2) is 4.79 Å². The number of aryl methyl sites for hydroxylation is 1. The first-order valence-corrected chi connectivity index (χ1v) is 7.71. The summed E-state index contributed by atoms with van der Waals surface area (Å²) in [7, 11) is -1.22. The van der Waals surface area contributed by atoms with E-state index in [1.54, 1.807) is 26.8 Å². The number of hydrogen-bond donors (Lipinski definition) is 3. The topological polar surface area (TPSA) is 88.0 Å². The van der Waals surface area contributed by atoms with Gasteiger partial charge < -0.3 is 24.8 Å². The number of alkyl carbamates (subject to hydrolysis) is 1. The summed E-state index contributed by atoms with van der Waals surface area (Å²) in [5.41, 5.74) is 1.19. The molecule has 0 spiro atoms.